The molecule has 0 aromatic heterocycles. The van der Waals surface area contributed by atoms with Crippen LogP contribution in [0.3, 0.4) is 0 Å². The first-order valence-corrected chi connectivity index (χ1v) is 7.13. The molecule has 110 valence electrons. The second-order valence-electron chi connectivity index (χ2n) is 5.07. The highest BCUT2D eigenvalue weighted by atomic mass is 16.5. The van der Waals surface area contributed by atoms with Crippen LogP contribution < -0.4 is 10.1 Å². The van der Waals surface area contributed by atoms with E-state index < -0.39 is 0 Å². The fourth-order valence-corrected chi connectivity index (χ4v) is 2.15. The smallest absolute Gasteiger partial charge is 0.220 e. The van der Waals surface area contributed by atoms with Gasteiger partial charge in [-0.15, -0.1) is 0 Å². The first-order valence-electron chi connectivity index (χ1n) is 7.13. The van der Waals surface area contributed by atoms with Gasteiger partial charge in [-0.2, -0.15) is 0 Å². The molecular weight excluding hydrogens is 262 g/mol. The fraction of sp³-hybridized carbons (Fsp3) is 0.278. The summed E-state index contributed by atoms with van der Waals surface area (Å²) in [5.41, 5.74) is 3.40. The highest BCUT2D eigenvalue weighted by Crippen LogP contribution is 2.18. The lowest BCUT2D eigenvalue weighted by Gasteiger charge is -2.09. The van der Waals surface area contributed by atoms with E-state index in [0.29, 0.717) is 19.4 Å². The van der Waals surface area contributed by atoms with E-state index in [1.807, 2.05) is 36.4 Å². The Labute approximate surface area is 126 Å². The Morgan fingerprint density at radius 2 is 1.81 bits per heavy atom. The minimum Gasteiger partial charge on any atom is -0.496 e. The van der Waals surface area contributed by atoms with Crippen molar-refractivity contribution >= 4 is 5.91 Å². The van der Waals surface area contributed by atoms with Gasteiger partial charge in [0.2, 0.25) is 5.91 Å². The molecule has 21 heavy (non-hydrogen) atoms. The van der Waals surface area contributed by atoms with Crippen molar-refractivity contribution in [3.63, 3.8) is 0 Å². The van der Waals surface area contributed by atoms with Gasteiger partial charge in [0.15, 0.2) is 0 Å². The molecule has 0 unspecified atom stereocenters. The first-order chi connectivity index (χ1) is 10.2. The second-order valence-corrected chi connectivity index (χ2v) is 5.07. The number of hydrogen-bond acceptors (Lipinski definition) is 2. The summed E-state index contributed by atoms with van der Waals surface area (Å²) >= 11 is 0. The SMILES string of the molecule is COc1ccccc1CCC(=O)NCc1ccc(C)cc1. The summed E-state index contributed by atoms with van der Waals surface area (Å²) in [5.74, 6) is 0.894. The van der Waals surface area contributed by atoms with Gasteiger partial charge in [0.25, 0.3) is 0 Å². The van der Waals surface area contributed by atoms with Crippen LogP contribution in [0.4, 0.5) is 0 Å². The molecule has 0 saturated heterocycles. The molecule has 0 fully saturated rings. The Morgan fingerprint density at radius 1 is 1.10 bits per heavy atom. The lowest BCUT2D eigenvalue weighted by Crippen LogP contribution is -2.23. The molecule has 0 aliphatic rings. The molecule has 0 saturated carbocycles. The third-order valence-electron chi connectivity index (χ3n) is 3.42. The van der Waals surface area contributed by atoms with E-state index in [0.717, 1.165) is 16.9 Å². The number of methoxy groups -OCH3 is 1. The average Bonchev–Trinajstić information content (AvgIpc) is 2.52. The first kappa shape index (κ1) is 15.1. The Morgan fingerprint density at radius 3 is 2.52 bits per heavy atom. The molecule has 3 heteroatoms. The minimum absolute atomic E-state index is 0.0569. The molecule has 0 bridgehead atoms. The molecule has 0 aliphatic heterocycles. The largest absolute Gasteiger partial charge is 0.496 e. The maximum absolute atomic E-state index is 11.9. The number of nitrogens with one attached hydrogen (secondary N) is 1. The summed E-state index contributed by atoms with van der Waals surface area (Å²) in [4.78, 5) is 11.9. The minimum atomic E-state index is 0.0569. The van der Waals surface area contributed by atoms with E-state index in [4.69, 9.17) is 4.74 Å². The summed E-state index contributed by atoms with van der Waals surface area (Å²) in [7, 11) is 1.65. The quantitative estimate of drug-likeness (QED) is 0.883. The molecule has 2 aromatic rings. The van der Waals surface area contributed by atoms with Crippen LogP contribution in [0.25, 0.3) is 0 Å². The van der Waals surface area contributed by atoms with Gasteiger partial charge in [0, 0.05) is 13.0 Å². The molecule has 3 nitrogen and oxygen atoms in total. The molecule has 1 N–H and O–H groups in total. The van der Waals surface area contributed by atoms with E-state index in [-0.39, 0.29) is 5.91 Å². The Kier molecular flexibility index (Phi) is 5.38. The molecule has 0 radical (unpaired) electrons. The molecule has 2 rings (SSSR count). The van der Waals surface area contributed by atoms with Crippen molar-refractivity contribution in [1.82, 2.24) is 5.32 Å². The van der Waals surface area contributed by atoms with Crippen molar-refractivity contribution in [1.29, 1.82) is 0 Å². The van der Waals surface area contributed by atoms with Crippen LogP contribution in [0.2, 0.25) is 0 Å². The predicted octanol–water partition coefficient (Wildman–Crippen LogP) is 3.25. The third kappa shape index (κ3) is 4.63. The zero-order chi connectivity index (χ0) is 15.1. The molecule has 0 spiro atoms. The Hall–Kier alpha value is -2.29. The Balaban J connectivity index is 1.81. The normalized spacial score (nSPS) is 10.2. The van der Waals surface area contributed by atoms with Crippen LogP contribution in [-0.2, 0) is 17.8 Å². The summed E-state index contributed by atoms with van der Waals surface area (Å²) in [5, 5.41) is 2.95. The molecule has 0 heterocycles. The topological polar surface area (TPSA) is 38.3 Å². The van der Waals surface area contributed by atoms with Crippen molar-refractivity contribution in [2.45, 2.75) is 26.3 Å². The van der Waals surface area contributed by atoms with Crippen molar-refractivity contribution in [2.75, 3.05) is 7.11 Å². The number of carbonyl (C=O) groups excluding carboxylic acids is 1. The standard InChI is InChI=1S/C18H21NO2/c1-14-7-9-15(10-8-14)13-19-18(20)12-11-16-5-3-4-6-17(16)21-2/h3-10H,11-13H2,1-2H3,(H,19,20). The summed E-state index contributed by atoms with van der Waals surface area (Å²) < 4.78 is 5.29. The number of amides is 1. The van der Waals surface area contributed by atoms with Gasteiger partial charge in [-0.25, -0.2) is 0 Å². The van der Waals surface area contributed by atoms with E-state index >= 15 is 0 Å². The van der Waals surface area contributed by atoms with Gasteiger partial charge in [-0.05, 0) is 30.5 Å². The second kappa shape index (κ2) is 7.48. The van der Waals surface area contributed by atoms with Crippen LogP contribution in [0.15, 0.2) is 48.5 Å². The zero-order valence-corrected chi connectivity index (χ0v) is 12.6. The van der Waals surface area contributed by atoms with Crippen LogP contribution in [0, 0.1) is 6.92 Å². The van der Waals surface area contributed by atoms with Crippen LogP contribution >= 0.6 is 0 Å². The van der Waals surface area contributed by atoms with Crippen molar-refractivity contribution in [3.05, 3.63) is 65.2 Å². The third-order valence-corrected chi connectivity index (χ3v) is 3.42. The molecule has 2 aromatic carbocycles. The lowest BCUT2D eigenvalue weighted by molar-refractivity contribution is -0.121. The van der Waals surface area contributed by atoms with E-state index in [2.05, 4.69) is 24.4 Å². The number of para-hydroxylation sites is 1. The molecule has 1 amide bonds. The van der Waals surface area contributed by atoms with Crippen molar-refractivity contribution < 1.29 is 9.53 Å². The molecule has 0 aliphatic carbocycles. The Bertz CT molecular complexity index is 590. The maximum atomic E-state index is 11.9. The van der Waals surface area contributed by atoms with Crippen LogP contribution in [0.5, 0.6) is 5.75 Å². The van der Waals surface area contributed by atoms with Gasteiger partial charge in [0.1, 0.15) is 5.75 Å². The molecule has 0 atom stereocenters. The van der Waals surface area contributed by atoms with Crippen LogP contribution in [0.1, 0.15) is 23.1 Å². The molecular formula is C18H21NO2. The van der Waals surface area contributed by atoms with E-state index in [1.54, 1.807) is 7.11 Å². The summed E-state index contributed by atoms with van der Waals surface area (Å²) in [6, 6.07) is 16.0. The predicted molar refractivity (Wildman–Crippen MR) is 84.3 cm³/mol. The number of hydrogen-bond donors (Lipinski definition) is 1. The van der Waals surface area contributed by atoms with Gasteiger partial charge in [-0.3, -0.25) is 4.79 Å². The summed E-state index contributed by atoms with van der Waals surface area (Å²) in [6.07, 6.45) is 1.15. The maximum Gasteiger partial charge on any atom is 0.220 e. The highest BCUT2D eigenvalue weighted by molar-refractivity contribution is 5.76. The summed E-state index contributed by atoms with van der Waals surface area (Å²) in [6.45, 7) is 2.63. The number of rotatable bonds is 6. The van der Waals surface area contributed by atoms with Gasteiger partial charge < -0.3 is 10.1 Å². The van der Waals surface area contributed by atoms with Crippen molar-refractivity contribution in [3.8, 4) is 5.75 Å². The fourth-order valence-electron chi connectivity index (χ4n) is 2.15. The lowest BCUT2D eigenvalue weighted by atomic mass is 10.1. The number of benzene rings is 2. The number of carbonyl (C=O) groups is 1. The van der Waals surface area contributed by atoms with E-state index in [1.165, 1.54) is 5.56 Å². The van der Waals surface area contributed by atoms with Gasteiger partial charge >= 0.3 is 0 Å². The highest BCUT2D eigenvalue weighted by Gasteiger charge is 2.06. The zero-order valence-electron chi connectivity index (χ0n) is 12.6. The average molecular weight is 283 g/mol. The van der Waals surface area contributed by atoms with Crippen molar-refractivity contribution in [2.24, 2.45) is 0 Å². The van der Waals surface area contributed by atoms with Gasteiger partial charge in [-0.1, -0.05) is 48.0 Å². The van der Waals surface area contributed by atoms with E-state index in [9.17, 15) is 4.79 Å². The van der Waals surface area contributed by atoms with Crippen LogP contribution in [-0.4, -0.2) is 13.0 Å². The van der Waals surface area contributed by atoms with Gasteiger partial charge in [0.05, 0.1) is 7.11 Å². The number of ether oxygens (including phenoxy) is 1. The monoisotopic (exact) mass is 283 g/mol. The number of aryl methyl sites for hydroxylation is 2.